The van der Waals surface area contributed by atoms with Gasteiger partial charge in [0.1, 0.15) is 12.6 Å². The van der Waals surface area contributed by atoms with Gasteiger partial charge in [-0.2, -0.15) is 0 Å². The molecule has 40 heavy (non-hydrogen) atoms. The van der Waals surface area contributed by atoms with Crippen molar-refractivity contribution < 1.29 is 18.0 Å². The smallest absolute Gasteiger partial charge is 0.264 e. The van der Waals surface area contributed by atoms with Gasteiger partial charge in [-0.05, 0) is 75.6 Å². The van der Waals surface area contributed by atoms with Crippen LogP contribution >= 0.6 is 23.2 Å². The first-order valence-electron chi connectivity index (χ1n) is 13.1. The number of halogens is 2. The molecule has 0 radical (unpaired) electrons. The standard InChI is InChI=1S/C30H35Cl2N3O4S/c1-6-24-9-7-8-10-28(24)35(40(38,39)25-14-11-21(4)12-15-25)19-29(36)34(22(5)30(37)33-20(2)3)18-23-13-16-26(31)27(32)17-23/h7-17,20,22H,6,18-19H2,1-5H3,(H,33,37)/t22-/m0/s1. The summed E-state index contributed by atoms with van der Waals surface area (Å²) in [7, 11) is -4.14. The number of hydrogen-bond donors (Lipinski definition) is 1. The Balaban J connectivity index is 2.08. The quantitative estimate of drug-likeness (QED) is 0.291. The minimum Gasteiger partial charge on any atom is -0.352 e. The van der Waals surface area contributed by atoms with E-state index in [-0.39, 0.29) is 23.4 Å². The average molecular weight is 605 g/mol. The zero-order chi connectivity index (χ0) is 29.6. The molecular weight excluding hydrogens is 569 g/mol. The van der Waals surface area contributed by atoms with Crippen LogP contribution in [0.25, 0.3) is 0 Å². The Morgan fingerprint density at radius 2 is 1.57 bits per heavy atom. The number of nitrogens with zero attached hydrogens (tertiary/aromatic N) is 2. The summed E-state index contributed by atoms with van der Waals surface area (Å²) in [6.07, 6.45) is 0.560. The first-order valence-corrected chi connectivity index (χ1v) is 15.3. The van der Waals surface area contributed by atoms with E-state index in [1.807, 2.05) is 39.8 Å². The Morgan fingerprint density at radius 1 is 0.925 bits per heavy atom. The topological polar surface area (TPSA) is 86.8 Å². The minimum absolute atomic E-state index is 0.0241. The van der Waals surface area contributed by atoms with Gasteiger partial charge in [-0.15, -0.1) is 0 Å². The van der Waals surface area contributed by atoms with E-state index in [2.05, 4.69) is 5.32 Å². The first kappa shape index (κ1) is 31.5. The van der Waals surface area contributed by atoms with Gasteiger partial charge in [0.25, 0.3) is 10.0 Å². The van der Waals surface area contributed by atoms with Gasteiger partial charge in [0, 0.05) is 12.6 Å². The van der Waals surface area contributed by atoms with Gasteiger partial charge in [-0.25, -0.2) is 8.42 Å². The van der Waals surface area contributed by atoms with E-state index >= 15 is 0 Å². The molecule has 0 aliphatic rings. The first-order chi connectivity index (χ1) is 18.8. The molecule has 0 aliphatic heterocycles. The van der Waals surface area contributed by atoms with Crippen molar-refractivity contribution in [1.82, 2.24) is 10.2 Å². The van der Waals surface area contributed by atoms with Gasteiger partial charge in [-0.3, -0.25) is 13.9 Å². The van der Waals surface area contributed by atoms with Gasteiger partial charge >= 0.3 is 0 Å². The van der Waals surface area contributed by atoms with Crippen LogP contribution in [-0.2, 0) is 32.6 Å². The third-order valence-electron chi connectivity index (χ3n) is 6.46. The molecule has 10 heteroatoms. The summed E-state index contributed by atoms with van der Waals surface area (Å²) in [5.74, 6) is -0.899. The molecule has 3 aromatic rings. The fraction of sp³-hybridized carbons (Fsp3) is 0.333. The molecule has 0 unspecified atom stereocenters. The number of amides is 2. The lowest BCUT2D eigenvalue weighted by atomic mass is 10.1. The molecule has 7 nitrogen and oxygen atoms in total. The average Bonchev–Trinajstić information content (AvgIpc) is 2.91. The van der Waals surface area contributed by atoms with E-state index in [4.69, 9.17) is 23.2 Å². The van der Waals surface area contributed by atoms with Crippen LogP contribution in [0.3, 0.4) is 0 Å². The normalized spacial score (nSPS) is 12.2. The van der Waals surface area contributed by atoms with Gasteiger partial charge in [0.2, 0.25) is 11.8 Å². The Labute approximate surface area is 247 Å². The van der Waals surface area contributed by atoms with E-state index in [1.165, 1.54) is 17.0 Å². The summed E-state index contributed by atoms with van der Waals surface area (Å²) in [6.45, 7) is 8.58. The van der Waals surface area contributed by atoms with Crippen LogP contribution in [0, 0.1) is 6.92 Å². The van der Waals surface area contributed by atoms with E-state index < -0.39 is 28.5 Å². The summed E-state index contributed by atoms with van der Waals surface area (Å²) < 4.78 is 29.1. The third-order valence-corrected chi connectivity index (χ3v) is 8.98. The number of sulfonamides is 1. The lowest BCUT2D eigenvalue weighted by Crippen LogP contribution is -2.52. The minimum atomic E-state index is -4.14. The number of benzene rings is 3. The van der Waals surface area contributed by atoms with Crippen molar-refractivity contribution in [2.45, 2.75) is 64.6 Å². The molecule has 0 saturated carbocycles. The highest BCUT2D eigenvalue weighted by atomic mass is 35.5. The number of aryl methyl sites for hydroxylation is 2. The molecular formula is C30H35Cl2N3O4S. The highest BCUT2D eigenvalue weighted by Crippen LogP contribution is 2.29. The maximum absolute atomic E-state index is 14.0. The Morgan fingerprint density at radius 3 is 2.17 bits per heavy atom. The van der Waals surface area contributed by atoms with E-state index in [0.717, 1.165) is 15.4 Å². The summed E-state index contributed by atoms with van der Waals surface area (Å²) in [6, 6.07) is 17.5. The van der Waals surface area contributed by atoms with E-state index in [1.54, 1.807) is 49.4 Å². The third kappa shape index (κ3) is 7.56. The van der Waals surface area contributed by atoms with Crippen molar-refractivity contribution in [2.24, 2.45) is 0 Å². The molecule has 1 N–H and O–H groups in total. The second-order valence-electron chi connectivity index (χ2n) is 9.92. The predicted molar refractivity (Wildman–Crippen MR) is 161 cm³/mol. The summed E-state index contributed by atoms with van der Waals surface area (Å²) >= 11 is 12.3. The van der Waals surface area contributed by atoms with Crippen molar-refractivity contribution in [2.75, 3.05) is 10.8 Å². The Bertz CT molecular complexity index is 1460. The van der Waals surface area contributed by atoms with Gasteiger partial charge < -0.3 is 10.2 Å². The maximum atomic E-state index is 14.0. The Kier molecular flexibility index (Phi) is 10.6. The molecule has 0 aliphatic carbocycles. The van der Waals surface area contributed by atoms with Crippen LogP contribution in [0.1, 0.15) is 44.4 Å². The van der Waals surface area contributed by atoms with Gasteiger partial charge in [0.05, 0.1) is 20.6 Å². The second kappa shape index (κ2) is 13.5. The van der Waals surface area contributed by atoms with Crippen molar-refractivity contribution in [3.05, 3.63) is 93.5 Å². The maximum Gasteiger partial charge on any atom is 0.264 e. The number of nitrogens with one attached hydrogen (secondary N) is 1. The monoisotopic (exact) mass is 603 g/mol. The summed E-state index contributed by atoms with van der Waals surface area (Å²) in [5, 5.41) is 3.51. The SMILES string of the molecule is CCc1ccccc1N(CC(=O)N(Cc1ccc(Cl)c(Cl)c1)[C@@H](C)C(=O)NC(C)C)S(=O)(=O)c1ccc(C)cc1. The van der Waals surface area contributed by atoms with Crippen LogP contribution in [0.15, 0.2) is 71.6 Å². The highest BCUT2D eigenvalue weighted by Gasteiger charge is 2.33. The van der Waals surface area contributed by atoms with Crippen molar-refractivity contribution in [3.63, 3.8) is 0 Å². The van der Waals surface area contributed by atoms with Crippen LogP contribution in [0.4, 0.5) is 5.69 Å². The molecule has 3 rings (SSSR count). The molecule has 0 fully saturated rings. The lowest BCUT2D eigenvalue weighted by Gasteiger charge is -2.33. The number of para-hydroxylation sites is 1. The molecule has 0 spiro atoms. The zero-order valence-electron chi connectivity index (χ0n) is 23.3. The van der Waals surface area contributed by atoms with Crippen LogP contribution < -0.4 is 9.62 Å². The Hall–Kier alpha value is -3.07. The molecule has 0 bridgehead atoms. The second-order valence-corrected chi connectivity index (χ2v) is 12.6. The number of rotatable bonds is 11. The number of hydrogen-bond acceptors (Lipinski definition) is 4. The largest absolute Gasteiger partial charge is 0.352 e. The molecule has 214 valence electrons. The predicted octanol–water partition coefficient (Wildman–Crippen LogP) is 6.00. The lowest BCUT2D eigenvalue weighted by molar-refractivity contribution is -0.139. The number of carbonyl (C=O) groups is 2. The van der Waals surface area contributed by atoms with Crippen LogP contribution in [0.5, 0.6) is 0 Å². The molecule has 0 heterocycles. The fourth-order valence-electron chi connectivity index (χ4n) is 4.23. The van der Waals surface area contributed by atoms with Crippen LogP contribution in [-0.4, -0.2) is 43.8 Å². The van der Waals surface area contributed by atoms with Crippen LogP contribution in [0.2, 0.25) is 10.0 Å². The van der Waals surface area contributed by atoms with Crippen molar-refractivity contribution in [3.8, 4) is 0 Å². The molecule has 0 saturated heterocycles. The van der Waals surface area contributed by atoms with Crippen molar-refractivity contribution >= 4 is 50.7 Å². The number of carbonyl (C=O) groups excluding carboxylic acids is 2. The molecule has 2 amide bonds. The van der Waals surface area contributed by atoms with Crippen molar-refractivity contribution in [1.29, 1.82) is 0 Å². The zero-order valence-corrected chi connectivity index (χ0v) is 25.6. The summed E-state index contributed by atoms with van der Waals surface area (Å²) in [5.41, 5.74) is 2.74. The number of anilines is 1. The fourth-order valence-corrected chi connectivity index (χ4v) is 6.00. The molecule has 0 aromatic heterocycles. The van der Waals surface area contributed by atoms with E-state index in [0.29, 0.717) is 27.7 Å². The summed E-state index contributed by atoms with van der Waals surface area (Å²) in [4.78, 5) is 28.5. The highest BCUT2D eigenvalue weighted by molar-refractivity contribution is 7.92. The molecule has 3 aromatic carbocycles. The van der Waals surface area contributed by atoms with Gasteiger partial charge in [0.15, 0.2) is 0 Å². The van der Waals surface area contributed by atoms with E-state index in [9.17, 15) is 18.0 Å². The molecule has 1 atom stereocenters. The van der Waals surface area contributed by atoms with Gasteiger partial charge in [-0.1, -0.05) is 72.1 Å².